The molecule has 222 valence electrons. The first-order valence-electron chi connectivity index (χ1n) is 15.3. The highest BCUT2D eigenvalue weighted by Crippen LogP contribution is 2.52. The summed E-state index contributed by atoms with van der Waals surface area (Å²) in [6, 6.07) is 46.3. The fraction of sp³-hybridized carbons (Fsp3) is 0.0714. The zero-order valence-electron chi connectivity index (χ0n) is 25.5. The number of aryl methyl sites for hydroxylation is 1. The van der Waals surface area contributed by atoms with Gasteiger partial charge in [-0.25, -0.2) is 0 Å². The molecule has 4 nitrogen and oxygen atoms in total. The second kappa shape index (κ2) is 11.2. The Morgan fingerprint density at radius 3 is 1.74 bits per heavy atom. The highest BCUT2D eigenvalue weighted by atomic mass is 16.5. The van der Waals surface area contributed by atoms with Crippen LogP contribution in [-0.2, 0) is 0 Å². The molecule has 0 aromatic heterocycles. The molecule has 8 rings (SSSR count). The minimum atomic E-state index is -0.0360. The Hall–Kier alpha value is -5.87. The summed E-state index contributed by atoms with van der Waals surface area (Å²) in [5, 5.41) is 4.40. The van der Waals surface area contributed by atoms with E-state index in [1.54, 1.807) is 7.11 Å². The van der Waals surface area contributed by atoms with Gasteiger partial charge in [-0.3, -0.25) is 4.79 Å². The lowest BCUT2D eigenvalue weighted by Gasteiger charge is -2.31. The largest absolute Gasteiger partial charge is 0.497 e. The SMILES string of the molecule is COc1ccc2c3c(ccc2c1)Oc1ccc2cc(Oc4ccc(C(=O)c5ccc(C)cc5)cc4)ccc2c1C3c1ccccc1. The first kappa shape index (κ1) is 27.7. The van der Waals surface area contributed by atoms with Crippen LogP contribution in [0.15, 0.2) is 140 Å². The first-order valence-corrected chi connectivity index (χ1v) is 15.3. The van der Waals surface area contributed by atoms with Gasteiger partial charge in [0, 0.05) is 28.2 Å². The molecule has 1 aliphatic heterocycles. The Morgan fingerprint density at radius 2 is 1.13 bits per heavy atom. The molecule has 0 saturated carbocycles. The molecule has 7 aromatic rings. The molecule has 0 fully saturated rings. The van der Waals surface area contributed by atoms with Crippen LogP contribution in [0.5, 0.6) is 28.7 Å². The van der Waals surface area contributed by atoms with Crippen LogP contribution >= 0.6 is 0 Å². The molecule has 7 aromatic carbocycles. The number of carbonyl (C=O) groups is 1. The summed E-state index contributed by atoms with van der Waals surface area (Å²) >= 11 is 0. The van der Waals surface area contributed by atoms with Crippen molar-refractivity contribution in [2.24, 2.45) is 0 Å². The minimum absolute atomic E-state index is 0.00860. The van der Waals surface area contributed by atoms with E-state index in [-0.39, 0.29) is 11.7 Å². The topological polar surface area (TPSA) is 44.8 Å². The minimum Gasteiger partial charge on any atom is -0.497 e. The number of ketones is 1. The number of methoxy groups -OCH3 is 1. The Bertz CT molecular complexity index is 2250. The van der Waals surface area contributed by atoms with E-state index in [9.17, 15) is 4.79 Å². The lowest BCUT2D eigenvalue weighted by Crippen LogP contribution is -2.13. The normalized spacial score (nSPS) is 13.5. The molecule has 0 aliphatic carbocycles. The summed E-state index contributed by atoms with van der Waals surface area (Å²) in [7, 11) is 1.69. The molecule has 1 aliphatic rings. The first-order chi connectivity index (χ1) is 22.6. The van der Waals surface area contributed by atoms with Crippen molar-refractivity contribution in [3.05, 3.63) is 173 Å². The standard InChI is InChI=1S/C42H30O4/c1-26-8-10-28(11-9-26)42(43)29-12-16-32(17-13-29)45-34-19-21-36-31(25-34)15-23-38-41(36)39(27-6-4-3-5-7-27)40-35-20-18-33(44-2)24-30(35)14-22-37(40)46-38/h3-25,39H,1-2H3. The van der Waals surface area contributed by atoms with Gasteiger partial charge in [0.25, 0.3) is 0 Å². The van der Waals surface area contributed by atoms with Crippen LogP contribution < -0.4 is 14.2 Å². The van der Waals surface area contributed by atoms with Crippen LogP contribution in [0.1, 0.15) is 44.1 Å². The number of carbonyl (C=O) groups excluding carboxylic acids is 1. The van der Waals surface area contributed by atoms with Crippen molar-refractivity contribution in [2.45, 2.75) is 12.8 Å². The van der Waals surface area contributed by atoms with Crippen molar-refractivity contribution in [2.75, 3.05) is 7.11 Å². The molecule has 0 bridgehead atoms. The van der Waals surface area contributed by atoms with Gasteiger partial charge in [0.15, 0.2) is 5.78 Å². The summed E-state index contributed by atoms with van der Waals surface area (Å²) in [5.41, 5.74) is 5.89. The van der Waals surface area contributed by atoms with E-state index in [1.165, 1.54) is 5.56 Å². The second-order valence-electron chi connectivity index (χ2n) is 11.7. The average Bonchev–Trinajstić information content (AvgIpc) is 3.11. The Labute approximate surface area is 267 Å². The van der Waals surface area contributed by atoms with Crippen LogP contribution in [0.4, 0.5) is 0 Å². The number of ether oxygens (including phenoxy) is 3. The van der Waals surface area contributed by atoms with Gasteiger partial charge in [-0.2, -0.15) is 0 Å². The molecule has 0 N–H and O–H groups in total. The molecular formula is C42H30O4. The average molecular weight is 599 g/mol. The van der Waals surface area contributed by atoms with E-state index < -0.39 is 0 Å². The van der Waals surface area contributed by atoms with Crippen molar-refractivity contribution in [1.82, 2.24) is 0 Å². The lowest BCUT2D eigenvalue weighted by molar-refractivity contribution is 0.103. The van der Waals surface area contributed by atoms with E-state index >= 15 is 0 Å². The molecule has 0 amide bonds. The van der Waals surface area contributed by atoms with Gasteiger partial charge in [-0.1, -0.05) is 84.4 Å². The zero-order chi connectivity index (χ0) is 31.2. The van der Waals surface area contributed by atoms with E-state index in [4.69, 9.17) is 14.2 Å². The van der Waals surface area contributed by atoms with Crippen molar-refractivity contribution in [1.29, 1.82) is 0 Å². The van der Waals surface area contributed by atoms with Crippen LogP contribution in [0, 0.1) is 6.92 Å². The lowest BCUT2D eigenvalue weighted by atomic mass is 9.78. The Kier molecular flexibility index (Phi) is 6.76. The molecule has 46 heavy (non-hydrogen) atoms. The molecule has 1 unspecified atom stereocenters. The van der Waals surface area contributed by atoms with Gasteiger partial charge >= 0.3 is 0 Å². The zero-order valence-corrected chi connectivity index (χ0v) is 25.5. The van der Waals surface area contributed by atoms with Gasteiger partial charge in [0.05, 0.1) is 7.11 Å². The van der Waals surface area contributed by atoms with Crippen molar-refractivity contribution >= 4 is 27.3 Å². The van der Waals surface area contributed by atoms with E-state index in [1.807, 2.05) is 67.6 Å². The second-order valence-corrected chi connectivity index (χ2v) is 11.7. The van der Waals surface area contributed by atoms with Crippen LogP contribution in [0.2, 0.25) is 0 Å². The van der Waals surface area contributed by atoms with Gasteiger partial charge in [0.1, 0.15) is 28.7 Å². The summed E-state index contributed by atoms with van der Waals surface area (Å²) in [5.74, 6) is 3.88. The molecule has 1 heterocycles. The quantitative estimate of drug-likeness (QED) is 0.179. The summed E-state index contributed by atoms with van der Waals surface area (Å²) in [4.78, 5) is 12.9. The van der Waals surface area contributed by atoms with Crippen LogP contribution in [0.25, 0.3) is 21.5 Å². The summed E-state index contributed by atoms with van der Waals surface area (Å²) in [6.07, 6.45) is 0. The third-order valence-corrected chi connectivity index (χ3v) is 8.82. The van der Waals surface area contributed by atoms with E-state index in [2.05, 4.69) is 78.9 Å². The fourth-order valence-electron chi connectivity index (χ4n) is 6.51. The predicted molar refractivity (Wildman–Crippen MR) is 183 cm³/mol. The molecule has 0 spiro atoms. The van der Waals surface area contributed by atoms with Crippen molar-refractivity contribution in [3.63, 3.8) is 0 Å². The molecule has 1 atom stereocenters. The van der Waals surface area contributed by atoms with Crippen molar-refractivity contribution in [3.8, 4) is 28.7 Å². The highest BCUT2D eigenvalue weighted by Gasteiger charge is 2.32. The van der Waals surface area contributed by atoms with Crippen LogP contribution in [-0.4, -0.2) is 12.9 Å². The number of fused-ring (bicyclic) bond motifs is 6. The third-order valence-electron chi connectivity index (χ3n) is 8.82. The van der Waals surface area contributed by atoms with E-state index in [0.717, 1.165) is 61.2 Å². The van der Waals surface area contributed by atoms with Gasteiger partial charge in [-0.15, -0.1) is 0 Å². The van der Waals surface area contributed by atoms with E-state index in [0.29, 0.717) is 16.9 Å². The van der Waals surface area contributed by atoms with Gasteiger partial charge in [0.2, 0.25) is 0 Å². The third kappa shape index (κ3) is 4.85. The Morgan fingerprint density at radius 1 is 0.587 bits per heavy atom. The summed E-state index contributed by atoms with van der Waals surface area (Å²) < 4.78 is 18.4. The smallest absolute Gasteiger partial charge is 0.193 e. The highest BCUT2D eigenvalue weighted by molar-refractivity contribution is 6.09. The predicted octanol–water partition coefficient (Wildman–Crippen LogP) is 10.6. The number of rotatable bonds is 6. The maximum absolute atomic E-state index is 12.9. The maximum Gasteiger partial charge on any atom is 0.193 e. The fourth-order valence-corrected chi connectivity index (χ4v) is 6.51. The molecular weight excluding hydrogens is 568 g/mol. The Balaban J connectivity index is 1.17. The monoisotopic (exact) mass is 598 g/mol. The summed E-state index contributed by atoms with van der Waals surface area (Å²) in [6.45, 7) is 2.01. The van der Waals surface area contributed by atoms with Gasteiger partial charge < -0.3 is 14.2 Å². The number of hydrogen-bond donors (Lipinski definition) is 0. The van der Waals surface area contributed by atoms with Crippen LogP contribution in [0.3, 0.4) is 0 Å². The number of hydrogen-bond acceptors (Lipinski definition) is 4. The maximum atomic E-state index is 12.9. The van der Waals surface area contributed by atoms with Gasteiger partial charge in [-0.05, 0) is 94.7 Å². The molecule has 4 heteroatoms. The van der Waals surface area contributed by atoms with Crippen molar-refractivity contribution < 1.29 is 19.0 Å². The molecule has 0 radical (unpaired) electrons. The number of benzene rings is 7. The molecule has 0 saturated heterocycles.